The third kappa shape index (κ3) is 3.90. The number of carbonyl (C=O) groups is 2. The van der Waals surface area contributed by atoms with E-state index < -0.39 is 5.97 Å². The monoisotopic (exact) mass is 414 g/mol. The van der Waals surface area contributed by atoms with Gasteiger partial charge in [-0.1, -0.05) is 36.4 Å². The largest absolute Gasteiger partial charge is 0.462 e. The zero-order valence-electron chi connectivity index (χ0n) is 17.5. The highest BCUT2D eigenvalue weighted by atomic mass is 16.5. The summed E-state index contributed by atoms with van der Waals surface area (Å²) in [5.74, 6) is -0.199. The van der Waals surface area contributed by atoms with E-state index >= 15 is 0 Å². The number of esters is 1. The Morgan fingerprint density at radius 1 is 1.00 bits per heavy atom. The summed E-state index contributed by atoms with van der Waals surface area (Å²) in [5.41, 5.74) is 3.29. The fourth-order valence-electron chi connectivity index (χ4n) is 3.44. The van der Waals surface area contributed by atoms with Crippen molar-refractivity contribution in [3.8, 4) is 5.82 Å². The number of nitrogens with zero attached hydrogens (tertiary/aromatic N) is 3. The highest BCUT2D eigenvalue weighted by Gasteiger charge is 2.23. The van der Waals surface area contributed by atoms with Crippen LogP contribution in [0, 0.1) is 13.8 Å². The van der Waals surface area contributed by atoms with Gasteiger partial charge in [0.15, 0.2) is 11.6 Å². The van der Waals surface area contributed by atoms with Gasteiger partial charge in [-0.3, -0.25) is 4.79 Å². The standard InChI is InChI=1S/C24H22N4O3/c1-4-31-24(30)19-14-25-28(21-13-16(3)17-10-7-8-12-20(17)26-21)22(19)27-23(29)18-11-6-5-9-15(18)2/h5-14H,4H2,1-3H3,(H,27,29). The molecule has 0 spiro atoms. The molecule has 1 N–H and O–H groups in total. The molecule has 7 nitrogen and oxygen atoms in total. The SMILES string of the molecule is CCOC(=O)c1cnn(-c2cc(C)c3ccccc3n2)c1NC(=O)c1ccccc1C. The third-order valence-electron chi connectivity index (χ3n) is 5.01. The van der Waals surface area contributed by atoms with Crippen molar-refractivity contribution in [2.45, 2.75) is 20.8 Å². The molecule has 156 valence electrons. The number of para-hydroxylation sites is 1. The topological polar surface area (TPSA) is 86.1 Å². The van der Waals surface area contributed by atoms with E-state index in [1.54, 1.807) is 19.1 Å². The first-order chi connectivity index (χ1) is 15.0. The molecule has 2 aromatic carbocycles. The highest BCUT2D eigenvalue weighted by molar-refractivity contribution is 6.08. The van der Waals surface area contributed by atoms with Gasteiger partial charge in [0, 0.05) is 10.9 Å². The molecule has 0 bridgehead atoms. The minimum atomic E-state index is -0.564. The van der Waals surface area contributed by atoms with E-state index in [4.69, 9.17) is 4.74 Å². The van der Waals surface area contributed by atoms with Gasteiger partial charge in [0.2, 0.25) is 0 Å². The number of rotatable bonds is 5. The quantitative estimate of drug-likeness (QED) is 0.487. The Morgan fingerprint density at radius 3 is 2.52 bits per heavy atom. The first-order valence-corrected chi connectivity index (χ1v) is 9.98. The molecule has 0 radical (unpaired) electrons. The molecular weight excluding hydrogens is 392 g/mol. The Balaban J connectivity index is 1.83. The summed E-state index contributed by atoms with van der Waals surface area (Å²) < 4.78 is 6.62. The molecule has 2 heterocycles. The van der Waals surface area contributed by atoms with Crippen LogP contribution in [0.4, 0.5) is 5.82 Å². The number of hydrogen-bond acceptors (Lipinski definition) is 5. The Kier molecular flexibility index (Phi) is 5.49. The molecule has 0 aliphatic heterocycles. The number of aromatic nitrogens is 3. The Bertz CT molecular complexity index is 1290. The van der Waals surface area contributed by atoms with Gasteiger partial charge in [-0.15, -0.1) is 0 Å². The van der Waals surface area contributed by atoms with Gasteiger partial charge in [-0.2, -0.15) is 9.78 Å². The predicted molar refractivity (Wildman–Crippen MR) is 119 cm³/mol. The molecule has 4 aromatic rings. The van der Waals surface area contributed by atoms with Gasteiger partial charge in [0.25, 0.3) is 5.91 Å². The second-order valence-corrected chi connectivity index (χ2v) is 7.12. The van der Waals surface area contributed by atoms with Crippen LogP contribution in [0.3, 0.4) is 0 Å². The lowest BCUT2D eigenvalue weighted by Gasteiger charge is -2.13. The van der Waals surface area contributed by atoms with Crippen LogP contribution in [0.2, 0.25) is 0 Å². The molecule has 0 aliphatic rings. The average molecular weight is 414 g/mol. The maximum absolute atomic E-state index is 13.0. The summed E-state index contributed by atoms with van der Waals surface area (Å²) in [4.78, 5) is 30.2. The van der Waals surface area contributed by atoms with E-state index in [0.717, 1.165) is 22.0 Å². The van der Waals surface area contributed by atoms with Crippen LogP contribution in [0.25, 0.3) is 16.7 Å². The van der Waals surface area contributed by atoms with Gasteiger partial charge in [-0.05, 0) is 50.1 Å². The van der Waals surface area contributed by atoms with Crippen molar-refractivity contribution in [2.24, 2.45) is 0 Å². The normalized spacial score (nSPS) is 10.8. The van der Waals surface area contributed by atoms with E-state index in [9.17, 15) is 9.59 Å². The number of aryl methyl sites for hydroxylation is 2. The molecule has 0 aliphatic carbocycles. The second kappa shape index (κ2) is 8.39. The second-order valence-electron chi connectivity index (χ2n) is 7.12. The molecule has 0 atom stereocenters. The zero-order chi connectivity index (χ0) is 22.0. The Morgan fingerprint density at radius 2 is 1.74 bits per heavy atom. The molecule has 0 fully saturated rings. The van der Waals surface area contributed by atoms with Gasteiger partial charge >= 0.3 is 5.97 Å². The minimum absolute atomic E-state index is 0.163. The summed E-state index contributed by atoms with van der Waals surface area (Å²) in [6, 6.07) is 16.9. The Hall–Kier alpha value is -4.00. The van der Waals surface area contributed by atoms with Gasteiger partial charge in [0.05, 0.1) is 18.3 Å². The lowest BCUT2D eigenvalue weighted by Crippen LogP contribution is -2.19. The number of pyridine rings is 1. The van der Waals surface area contributed by atoms with E-state index in [1.165, 1.54) is 10.9 Å². The summed E-state index contributed by atoms with van der Waals surface area (Å²) >= 11 is 0. The van der Waals surface area contributed by atoms with Crippen LogP contribution in [0.15, 0.2) is 60.8 Å². The predicted octanol–water partition coefficient (Wildman–Crippen LogP) is 4.47. The average Bonchev–Trinajstić information content (AvgIpc) is 3.17. The fraction of sp³-hybridized carbons (Fsp3) is 0.167. The van der Waals surface area contributed by atoms with Crippen molar-refractivity contribution < 1.29 is 14.3 Å². The van der Waals surface area contributed by atoms with Crippen molar-refractivity contribution in [3.63, 3.8) is 0 Å². The number of ether oxygens (including phenoxy) is 1. The summed E-state index contributed by atoms with van der Waals surface area (Å²) in [5, 5.41) is 8.21. The maximum atomic E-state index is 13.0. The Labute approximate surface area is 179 Å². The van der Waals surface area contributed by atoms with Crippen LogP contribution in [-0.4, -0.2) is 33.2 Å². The number of amides is 1. The van der Waals surface area contributed by atoms with Gasteiger partial charge < -0.3 is 10.1 Å². The summed E-state index contributed by atoms with van der Waals surface area (Å²) in [7, 11) is 0. The fourth-order valence-corrected chi connectivity index (χ4v) is 3.44. The van der Waals surface area contributed by atoms with Crippen LogP contribution < -0.4 is 5.32 Å². The first kappa shape index (κ1) is 20.3. The van der Waals surface area contributed by atoms with Crippen molar-refractivity contribution in [1.29, 1.82) is 0 Å². The minimum Gasteiger partial charge on any atom is -0.462 e. The van der Waals surface area contributed by atoms with Crippen LogP contribution in [0.1, 0.15) is 38.8 Å². The molecule has 31 heavy (non-hydrogen) atoms. The number of anilines is 1. The van der Waals surface area contributed by atoms with Gasteiger partial charge in [-0.25, -0.2) is 9.78 Å². The molecule has 1 amide bonds. The van der Waals surface area contributed by atoms with Gasteiger partial charge in [0.1, 0.15) is 5.56 Å². The number of hydrogen-bond donors (Lipinski definition) is 1. The van der Waals surface area contributed by atoms with Crippen LogP contribution in [-0.2, 0) is 4.74 Å². The molecule has 0 unspecified atom stereocenters. The number of nitrogens with one attached hydrogen (secondary N) is 1. The van der Waals surface area contributed by atoms with Crippen molar-refractivity contribution >= 4 is 28.6 Å². The highest BCUT2D eigenvalue weighted by Crippen LogP contribution is 2.25. The molecule has 0 saturated carbocycles. The van der Waals surface area contributed by atoms with E-state index in [1.807, 2.05) is 56.3 Å². The summed E-state index contributed by atoms with van der Waals surface area (Å²) in [6.45, 7) is 5.77. The smallest absolute Gasteiger partial charge is 0.343 e. The van der Waals surface area contributed by atoms with Crippen molar-refractivity contribution in [2.75, 3.05) is 11.9 Å². The lowest BCUT2D eigenvalue weighted by molar-refractivity contribution is 0.0527. The molecule has 0 saturated heterocycles. The number of fused-ring (bicyclic) bond motifs is 1. The number of carbonyl (C=O) groups excluding carboxylic acids is 2. The molecule has 4 rings (SSSR count). The van der Waals surface area contributed by atoms with E-state index in [-0.39, 0.29) is 23.9 Å². The molecular formula is C24H22N4O3. The zero-order valence-corrected chi connectivity index (χ0v) is 17.5. The lowest BCUT2D eigenvalue weighted by atomic mass is 10.1. The van der Waals surface area contributed by atoms with E-state index in [0.29, 0.717) is 11.4 Å². The van der Waals surface area contributed by atoms with E-state index in [2.05, 4.69) is 15.4 Å². The van der Waals surface area contributed by atoms with Crippen molar-refractivity contribution in [3.05, 3.63) is 83.0 Å². The van der Waals surface area contributed by atoms with Crippen LogP contribution in [0.5, 0.6) is 0 Å². The third-order valence-corrected chi connectivity index (χ3v) is 5.01. The van der Waals surface area contributed by atoms with Crippen LogP contribution >= 0.6 is 0 Å². The maximum Gasteiger partial charge on any atom is 0.343 e. The van der Waals surface area contributed by atoms with Crippen molar-refractivity contribution in [1.82, 2.24) is 14.8 Å². The first-order valence-electron chi connectivity index (χ1n) is 9.98. The molecule has 2 aromatic heterocycles. The number of benzene rings is 2. The summed E-state index contributed by atoms with van der Waals surface area (Å²) in [6.07, 6.45) is 1.39. The molecule has 7 heteroatoms.